The van der Waals surface area contributed by atoms with Gasteiger partial charge >= 0.3 is 11.9 Å². The number of aliphatic carboxylic acids is 2. The largest absolute Gasteiger partial charge is 0.481 e. The lowest BCUT2D eigenvalue weighted by Gasteiger charge is -2.23. The van der Waals surface area contributed by atoms with Crippen molar-refractivity contribution in [3.63, 3.8) is 0 Å². The number of halogens is 1. The molecule has 0 radical (unpaired) electrons. The summed E-state index contributed by atoms with van der Waals surface area (Å²) in [5, 5.41) is 17.7. The zero-order valence-electron chi connectivity index (χ0n) is 10.4. The van der Waals surface area contributed by atoms with Gasteiger partial charge in [0.1, 0.15) is 11.9 Å². The second-order valence-electron chi connectivity index (χ2n) is 4.49. The average Bonchev–Trinajstić information content (AvgIpc) is 2.68. The van der Waals surface area contributed by atoms with Gasteiger partial charge in [-0.2, -0.15) is 0 Å². The van der Waals surface area contributed by atoms with E-state index >= 15 is 0 Å². The minimum atomic E-state index is -1.30. The van der Waals surface area contributed by atoms with Crippen molar-refractivity contribution in [3.8, 4) is 0 Å². The third-order valence-corrected chi connectivity index (χ3v) is 3.21. The first-order valence-electron chi connectivity index (χ1n) is 5.94. The second-order valence-corrected chi connectivity index (χ2v) is 4.49. The first-order valence-corrected chi connectivity index (χ1v) is 5.94. The summed E-state index contributed by atoms with van der Waals surface area (Å²) in [6.07, 6.45) is -0.592. The maximum Gasteiger partial charge on any atom is 0.326 e. The summed E-state index contributed by atoms with van der Waals surface area (Å²) in [7, 11) is 0. The van der Waals surface area contributed by atoms with Gasteiger partial charge < -0.3 is 15.1 Å². The smallest absolute Gasteiger partial charge is 0.326 e. The average molecular weight is 281 g/mol. The highest BCUT2D eigenvalue weighted by Gasteiger charge is 2.38. The van der Waals surface area contributed by atoms with Crippen LogP contribution in [-0.2, 0) is 16.1 Å². The molecule has 1 aliphatic heterocycles. The fourth-order valence-corrected chi connectivity index (χ4v) is 2.26. The summed E-state index contributed by atoms with van der Waals surface area (Å²) < 4.78 is 13.6. The van der Waals surface area contributed by atoms with Gasteiger partial charge in [0.05, 0.1) is 5.56 Å². The Bertz CT molecular complexity index is 586. The zero-order chi connectivity index (χ0) is 14.9. The third-order valence-electron chi connectivity index (χ3n) is 3.21. The molecule has 0 spiro atoms. The Morgan fingerprint density at radius 2 is 2.05 bits per heavy atom. The van der Waals surface area contributed by atoms with E-state index in [4.69, 9.17) is 10.2 Å². The highest BCUT2D eigenvalue weighted by molar-refractivity contribution is 6.00. The number of rotatable bonds is 5. The van der Waals surface area contributed by atoms with E-state index < -0.39 is 29.7 Å². The molecule has 2 N–H and O–H groups in total. The number of carboxylic acids is 2. The minimum Gasteiger partial charge on any atom is -0.481 e. The van der Waals surface area contributed by atoms with E-state index in [0.29, 0.717) is 5.56 Å². The number of carboxylic acid groups (broad SMARTS) is 2. The molecule has 0 saturated carbocycles. The van der Waals surface area contributed by atoms with Gasteiger partial charge in [0.25, 0.3) is 5.91 Å². The normalized spacial score (nSPS) is 15.1. The van der Waals surface area contributed by atoms with E-state index in [2.05, 4.69) is 0 Å². The number of amides is 1. The molecule has 20 heavy (non-hydrogen) atoms. The Balaban J connectivity index is 2.25. The van der Waals surface area contributed by atoms with E-state index in [1.165, 1.54) is 6.07 Å². The first-order chi connectivity index (χ1) is 9.41. The molecule has 7 heteroatoms. The van der Waals surface area contributed by atoms with Gasteiger partial charge in [-0.3, -0.25) is 9.59 Å². The maximum atomic E-state index is 13.6. The van der Waals surface area contributed by atoms with Gasteiger partial charge in [0.2, 0.25) is 0 Å². The lowest BCUT2D eigenvalue weighted by Crippen LogP contribution is -2.41. The van der Waals surface area contributed by atoms with Gasteiger partial charge in [0, 0.05) is 13.0 Å². The van der Waals surface area contributed by atoms with Crippen LogP contribution >= 0.6 is 0 Å². The third kappa shape index (κ3) is 2.47. The standard InChI is InChI=1S/C13H12FNO5/c14-8-3-1-2-7-6-15(12(18)11(7)8)9(13(19)20)4-5-10(16)17/h1-3,9H,4-6H2,(H,16,17)(H,19,20)/t9-/m0/s1. The first kappa shape index (κ1) is 14.0. The Labute approximate surface area is 113 Å². The molecule has 2 rings (SSSR count). The lowest BCUT2D eigenvalue weighted by atomic mass is 10.1. The molecule has 0 fully saturated rings. The maximum absolute atomic E-state index is 13.6. The van der Waals surface area contributed by atoms with Gasteiger partial charge in [-0.15, -0.1) is 0 Å². The summed E-state index contributed by atoms with van der Waals surface area (Å²) in [5.74, 6) is -3.85. The summed E-state index contributed by atoms with van der Waals surface area (Å²) >= 11 is 0. The fraction of sp³-hybridized carbons (Fsp3) is 0.308. The second kappa shape index (κ2) is 5.28. The molecule has 1 atom stereocenters. The molecule has 1 aromatic carbocycles. The zero-order valence-corrected chi connectivity index (χ0v) is 10.4. The van der Waals surface area contributed by atoms with Crippen LogP contribution in [0.3, 0.4) is 0 Å². The predicted molar refractivity (Wildman–Crippen MR) is 64.6 cm³/mol. The molecular formula is C13H12FNO5. The number of carbonyl (C=O) groups excluding carboxylic acids is 1. The molecule has 6 nitrogen and oxygen atoms in total. The Kier molecular flexibility index (Phi) is 3.69. The van der Waals surface area contributed by atoms with Crippen molar-refractivity contribution >= 4 is 17.8 Å². The van der Waals surface area contributed by atoms with E-state index in [1.807, 2.05) is 0 Å². The Hall–Kier alpha value is -2.44. The van der Waals surface area contributed by atoms with Crippen LogP contribution in [0.1, 0.15) is 28.8 Å². The van der Waals surface area contributed by atoms with Crippen molar-refractivity contribution in [3.05, 3.63) is 35.1 Å². The highest BCUT2D eigenvalue weighted by Crippen LogP contribution is 2.28. The van der Waals surface area contributed by atoms with Crippen molar-refractivity contribution in [1.29, 1.82) is 0 Å². The van der Waals surface area contributed by atoms with E-state index in [-0.39, 0.29) is 24.9 Å². The molecule has 1 heterocycles. The lowest BCUT2D eigenvalue weighted by molar-refractivity contribution is -0.143. The van der Waals surface area contributed by atoms with Gasteiger partial charge in [-0.05, 0) is 18.1 Å². The number of benzene rings is 1. The molecule has 1 aromatic rings. The number of carbonyl (C=O) groups is 3. The summed E-state index contributed by atoms with van der Waals surface area (Å²) in [4.78, 5) is 34.8. The van der Waals surface area contributed by atoms with Crippen molar-refractivity contribution < 1.29 is 29.0 Å². The van der Waals surface area contributed by atoms with Crippen molar-refractivity contribution in [1.82, 2.24) is 4.90 Å². The molecule has 0 saturated heterocycles. The van der Waals surface area contributed by atoms with E-state index in [0.717, 1.165) is 11.0 Å². The molecule has 106 valence electrons. The number of nitrogens with zero attached hydrogens (tertiary/aromatic N) is 1. The number of fused-ring (bicyclic) bond motifs is 1. The van der Waals surface area contributed by atoms with Crippen molar-refractivity contribution in [2.75, 3.05) is 0 Å². The van der Waals surface area contributed by atoms with Crippen molar-refractivity contribution in [2.24, 2.45) is 0 Å². The van der Waals surface area contributed by atoms with E-state index in [9.17, 15) is 18.8 Å². The summed E-state index contributed by atoms with van der Waals surface area (Å²) in [6.45, 7) is -0.0253. The quantitative estimate of drug-likeness (QED) is 0.842. The molecule has 1 amide bonds. The van der Waals surface area contributed by atoms with Gasteiger partial charge in [-0.25, -0.2) is 9.18 Å². The van der Waals surface area contributed by atoms with Crippen LogP contribution in [0.5, 0.6) is 0 Å². The van der Waals surface area contributed by atoms with Crippen molar-refractivity contribution in [2.45, 2.75) is 25.4 Å². The molecule has 0 aromatic heterocycles. The SMILES string of the molecule is O=C(O)CC[C@@H](C(=O)O)N1Cc2cccc(F)c2C1=O. The summed E-state index contributed by atoms with van der Waals surface area (Å²) in [6, 6.07) is 2.85. The highest BCUT2D eigenvalue weighted by atomic mass is 19.1. The van der Waals surface area contributed by atoms with Crippen LogP contribution in [0, 0.1) is 5.82 Å². The van der Waals surface area contributed by atoms with Gasteiger partial charge in [0.15, 0.2) is 0 Å². The Morgan fingerprint density at radius 3 is 2.60 bits per heavy atom. The van der Waals surface area contributed by atoms with Crippen LogP contribution in [0.25, 0.3) is 0 Å². The van der Waals surface area contributed by atoms with Crippen LogP contribution < -0.4 is 0 Å². The molecule has 0 aliphatic carbocycles. The van der Waals surface area contributed by atoms with Crippen LogP contribution in [0.2, 0.25) is 0 Å². The van der Waals surface area contributed by atoms with Gasteiger partial charge in [-0.1, -0.05) is 12.1 Å². The molecule has 0 bridgehead atoms. The Morgan fingerprint density at radius 1 is 1.35 bits per heavy atom. The fourth-order valence-electron chi connectivity index (χ4n) is 2.26. The predicted octanol–water partition coefficient (Wildman–Crippen LogP) is 1.10. The van der Waals surface area contributed by atoms with E-state index in [1.54, 1.807) is 6.07 Å². The minimum absolute atomic E-state index is 0.0253. The summed E-state index contributed by atoms with van der Waals surface area (Å²) in [5.41, 5.74) is 0.283. The number of hydrogen-bond acceptors (Lipinski definition) is 3. The molecule has 1 aliphatic rings. The monoisotopic (exact) mass is 281 g/mol. The number of hydrogen-bond donors (Lipinski definition) is 2. The van der Waals surface area contributed by atoms with Crippen LogP contribution in [-0.4, -0.2) is 39.0 Å². The van der Waals surface area contributed by atoms with Crippen LogP contribution in [0.15, 0.2) is 18.2 Å². The molecule has 0 unspecified atom stereocenters. The topological polar surface area (TPSA) is 94.9 Å². The molecular weight excluding hydrogens is 269 g/mol. The van der Waals surface area contributed by atoms with Crippen LogP contribution in [0.4, 0.5) is 4.39 Å².